The summed E-state index contributed by atoms with van der Waals surface area (Å²) in [6.07, 6.45) is 5.40. The summed E-state index contributed by atoms with van der Waals surface area (Å²) in [5.74, 6) is 0. The van der Waals surface area contributed by atoms with Gasteiger partial charge in [0.05, 0.1) is 0 Å². The van der Waals surface area contributed by atoms with Crippen molar-refractivity contribution in [1.82, 2.24) is 0 Å². The van der Waals surface area contributed by atoms with E-state index in [1.165, 1.54) is 0 Å². The molecule has 0 fully saturated rings. The van der Waals surface area contributed by atoms with Crippen molar-refractivity contribution in [3.05, 3.63) is 68.7 Å². The number of halogens is 2. The van der Waals surface area contributed by atoms with E-state index in [1.54, 1.807) is 0 Å². The van der Waals surface area contributed by atoms with E-state index in [-0.39, 0.29) is 0 Å². The number of carbonyl (C=O) groups is 1. The van der Waals surface area contributed by atoms with Crippen LogP contribution >= 0.6 is 27.5 Å². The monoisotopic (exact) mass is 334 g/mol. The van der Waals surface area contributed by atoms with Gasteiger partial charge >= 0.3 is 0 Å². The van der Waals surface area contributed by atoms with Crippen molar-refractivity contribution < 1.29 is 4.79 Å². The van der Waals surface area contributed by atoms with Crippen LogP contribution in [-0.4, -0.2) is 6.29 Å². The average Bonchev–Trinajstić information content (AvgIpc) is 2.38. The zero-order valence-electron chi connectivity index (χ0n) is 10.1. The minimum Gasteiger partial charge on any atom is -0.303 e. The standard InChI is InChI=1S/C16H12BrClO/c17-16-11-15(18)7-6-14(16)5-4-12-2-1-3-13(10-12)8-9-19/h1-7,9-11H,8H2/b5-4+. The summed E-state index contributed by atoms with van der Waals surface area (Å²) < 4.78 is 0.959. The van der Waals surface area contributed by atoms with Crippen LogP contribution in [0.25, 0.3) is 12.2 Å². The first-order valence-electron chi connectivity index (χ1n) is 5.85. The Morgan fingerprint density at radius 2 is 1.95 bits per heavy atom. The van der Waals surface area contributed by atoms with E-state index in [4.69, 9.17) is 11.6 Å². The van der Waals surface area contributed by atoms with Crippen LogP contribution < -0.4 is 0 Å². The van der Waals surface area contributed by atoms with E-state index in [2.05, 4.69) is 15.9 Å². The predicted octanol–water partition coefficient (Wildman–Crippen LogP) is 5.01. The molecule has 0 aliphatic heterocycles. The van der Waals surface area contributed by atoms with Crippen molar-refractivity contribution in [2.24, 2.45) is 0 Å². The lowest BCUT2D eigenvalue weighted by molar-refractivity contribution is -0.107. The number of carbonyl (C=O) groups excluding carboxylic acids is 1. The SMILES string of the molecule is O=CCc1cccc(/C=C/c2ccc(Cl)cc2Br)c1. The molecule has 0 spiro atoms. The van der Waals surface area contributed by atoms with Gasteiger partial charge in [-0.2, -0.15) is 0 Å². The van der Waals surface area contributed by atoms with Gasteiger partial charge in [-0.25, -0.2) is 0 Å². The largest absolute Gasteiger partial charge is 0.303 e. The molecule has 19 heavy (non-hydrogen) atoms. The molecule has 2 aromatic rings. The van der Waals surface area contributed by atoms with Gasteiger partial charge in [-0.05, 0) is 28.8 Å². The van der Waals surface area contributed by atoms with Crippen LogP contribution in [0.15, 0.2) is 46.9 Å². The lowest BCUT2D eigenvalue weighted by atomic mass is 10.1. The fourth-order valence-electron chi connectivity index (χ4n) is 1.74. The molecule has 0 saturated heterocycles. The molecule has 0 radical (unpaired) electrons. The Kier molecular flexibility index (Phi) is 4.94. The van der Waals surface area contributed by atoms with E-state index in [9.17, 15) is 4.79 Å². The summed E-state index contributed by atoms with van der Waals surface area (Å²) in [6.45, 7) is 0. The van der Waals surface area contributed by atoms with Gasteiger partial charge < -0.3 is 4.79 Å². The van der Waals surface area contributed by atoms with E-state index < -0.39 is 0 Å². The Morgan fingerprint density at radius 1 is 1.11 bits per heavy atom. The van der Waals surface area contributed by atoms with Gasteiger partial charge in [0, 0.05) is 15.9 Å². The van der Waals surface area contributed by atoms with Crippen LogP contribution in [0.4, 0.5) is 0 Å². The summed E-state index contributed by atoms with van der Waals surface area (Å²) in [5, 5.41) is 0.706. The number of aldehydes is 1. The maximum absolute atomic E-state index is 10.5. The van der Waals surface area contributed by atoms with Crippen molar-refractivity contribution in [1.29, 1.82) is 0 Å². The first kappa shape index (κ1) is 14.0. The highest BCUT2D eigenvalue weighted by Crippen LogP contribution is 2.23. The predicted molar refractivity (Wildman–Crippen MR) is 84.3 cm³/mol. The zero-order chi connectivity index (χ0) is 13.7. The van der Waals surface area contributed by atoms with E-state index >= 15 is 0 Å². The third-order valence-electron chi connectivity index (χ3n) is 2.69. The smallest absolute Gasteiger partial charge is 0.124 e. The molecule has 0 aromatic heterocycles. The van der Waals surface area contributed by atoms with Gasteiger partial charge in [0.15, 0.2) is 0 Å². The fraction of sp³-hybridized carbons (Fsp3) is 0.0625. The summed E-state index contributed by atoms with van der Waals surface area (Å²) >= 11 is 9.38. The van der Waals surface area contributed by atoms with Crippen molar-refractivity contribution >= 4 is 46.0 Å². The Bertz CT molecular complexity index is 620. The Hall–Kier alpha value is -1.38. The van der Waals surface area contributed by atoms with Crippen LogP contribution in [0.3, 0.4) is 0 Å². The van der Waals surface area contributed by atoms with Crippen LogP contribution in [0.5, 0.6) is 0 Å². The highest BCUT2D eigenvalue weighted by Gasteiger charge is 1.97. The summed E-state index contributed by atoms with van der Waals surface area (Å²) in [5.41, 5.74) is 3.15. The molecule has 0 aliphatic rings. The molecule has 96 valence electrons. The maximum atomic E-state index is 10.5. The highest BCUT2D eigenvalue weighted by molar-refractivity contribution is 9.10. The lowest BCUT2D eigenvalue weighted by Crippen LogP contribution is -1.85. The van der Waals surface area contributed by atoms with Gasteiger partial charge in [0.1, 0.15) is 6.29 Å². The van der Waals surface area contributed by atoms with E-state index in [1.807, 2.05) is 54.6 Å². The van der Waals surface area contributed by atoms with E-state index in [0.29, 0.717) is 11.4 Å². The third-order valence-corrected chi connectivity index (χ3v) is 3.61. The van der Waals surface area contributed by atoms with E-state index in [0.717, 1.165) is 27.4 Å². The molecule has 0 saturated carbocycles. The Morgan fingerprint density at radius 3 is 2.68 bits per heavy atom. The molecule has 0 unspecified atom stereocenters. The number of rotatable bonds is 4. The number of benzene rings is 2. The molecule has 0 N–H and O–H groups in total. The Balaban J connectivity index is 2.22. The zero-order valence-corrected chi connectivity index (χ0v) is 12.5. The summed E-state index contributed by atoms with van der Waals surface area (Å²) in [6, 6.07) is 13.6. The normalized spacial score (nSPS) is 10.8. The fourth-order valence-corrected chi connectivity index (χ4v) is 2.56. The molecule has 0 amide bonds. The lowest BCUT2D eigenvalue weighted by Gasteiger charge is -2.00. The minimum atomic E-state index is 0.451. The molecular formula is C16H12BrClO. The van der Waals surface area contributed by atoms with Crippen LogP contribution in [0.1, 0.15) is 16.7 Å². The molecular weight excluding hydrogens is 324 g/mol. The maximum Gasteiger partial charge on any atom is 0.124 e. The highest BCUT2D eigenvalue weighted by atomic mass is 79.9. The van der Waals surface area contributed by atoms with Crippen LogP contribution in [-0.2, 0) is 11.2 Å². The van der Waals surface area contributed by atoms with Gasteiger partial charge in [-0.15, -0.1) is 0 Å². The summed E-state index contributed by atoms with van der Waals surface area (Å²) in [4.78, 5) is 10.5. The van der Waals surface area contributed by atoms with Crippen molar-refractivity contribution in [2.75, 3.05) is 0 Å². The molecule has 0 bridgehead atoms. The molecule has 0 heterocycles. The number of hydrogen-bond acceptors (Lipinski definition) is 1. The van der Waals surface area contributed by atoms with Crippen molar-refractivity contribution in [3.8, 4) is 0 Å². The second-order valence-electron chi connectivity index (χ2n) is 4.11. The molecule has 3 heteroatoms. The van der Waals surface area contributed by atoms with Crippen LogP contribution in [0, 0.1) is 0 Å². The summed E-state index contributed by atoms with van der Waals surface area (Å²) in [7, 11) is 0. The van der Waals surface area contributed by atoms with Crippen LogP contribution in [0.2, 0.25) is 5.02 Å². The minimum absolute atomic E-state index is 0.451. The third kappa shape index (κ3) is 4.05. The van der Waals surface area contributed by atoms with Gasteiger partial charge in [0.25, 0.3) is 0 Å². The molecule has 0 atom stereocenters. The first-order chi connectivity index (χ1) is 9.19. The molecule has 1 nitrogen and oxygen atoms in total. The van der Waals surface area contributed by atoms with Gasteiger partial charge in [-0.3, -0.25) is 0 Å². The molecule has 2 rings (SSSR count). The first-order valence-corrected chi connectivity index (χ1v) is 7.02. The number of hydrogen-bond donors (Lipinski definition) is 0. The average molecular weight is 336 g/mol. The van der Waals surface area contributed by atoms with Crippen molar-refractivity contribution in [2.45, 2.75) is 6.42 Å². The second-order valence-corrected chi connectivity index (χ2v) is 5.41. The van der Waals surface area contributed by atoms with Crippen molar-refractivity contribution in [3.63, 3.8) is 0 Å². The topological polar surface area (TPSA) is 17.1 Å². The Labute approximate surface area is 126 Å². The molecule has 0 aliphatic carbocycles. The van der Waals surface area contributed by atoms with Gasteiger partial charge in [0.2, 0.25) is 0 Å². The quantitative estimate of drug-likeness (QED) is 0.567. The second kappa shape index (κ2) is 6.69. The molecule has 2 aromatic carbocycles. The van der Waals surface area contributed by atoms with Gasteiger partial charge in [-0.1, -0.05) is 70.0 Å².